The summed E-state index contributed by atoms with van der Waals surface area (Å²) in [6.45, 7) is -1.21. The van der Waals surface area contributed by atoms with Gasteiger partial charge in [0.25, 0.3) is 0 Å². The first-order valence-electron chi connectivity index (χ1n) is 5.26. The van der Waals surface area contributed by atoms with Gasteiger partial charge in [-0.3, -0.25) is 0 Å². The average molecular weight is 261 g/mol. The lowest BCUT2D eigenvalue weighted by atomic mass is 10.3. The van der Waals surface area contributed by atoms with E-state index in [1.807, 2.05) is 0 Å². The molecule has 0 radical (unpaired) electrons. The molecule has 18 heavy (non-hydrogen) atoms. The zero-order valence-electron chi connectivity index (χ0n) is 9.18. The van der Waals surface area contributed by atoms with E-state index < -0.39 is 24.4 Å². The van der Waals surface area contributed by atoms with Gasteiger partial charge in [-0.25, -0.2) is 14.8 Å². The van der Waals surface area contributed by atoms with Crippen molar-refractivity contribution in [3.63, 3.8) is 0 Å². The summed E-state index contributed by atoms with van der Waals surface area (Å²) in [5, 5.41) is 8.90. The standard InChI is InChI=1S/C10H10F3N3O2/c11-10(12,13)5-16(6-1-2-6)8-7(9(17)18)14-3-4-15-8/h3-4,6H,1-2,5H2,(H,17,18). The van der Waals surface area contributed by atoms with Crippen molar-refractivity contribution in [1.82, 2.24) is 9.97 Å². The van der Waals surface area contributed by atoms with Gasteiger partial charge in [-0.05, 0) is 12.8 Å². The summed E-state index contributed by atoms with van der Waals surface area (Å²) < 4.78 is 37.4. The topological polar surface area (TPSA) is 66.3 Å². The number of carboxylic acid groups (broad SMARTS) is 1. The predicted octanol–water partition coefficient (Wildman–Crippen LogP) is 1.71. The van der Waals surface area contributed by atoms with E-state index in [9.17, 15) is 18.0 Å². The Morgan fingerprint density at radius 2 is 2.00 bits per heavy atom. The lowest BCUT2D eigenvalue weighted by Gasteiger charge is -2.25. The van der Waals surface area contributed by atoms with E-state index in [2.05, 4.69) is 9.97 Å². The first-order valence-corrected chi connectivity index (χ1v) is 5.26. The minimum atomic E-state index is -4.41. The number of carbonyl (C=O) groups is 1. The van der Waals surface area contributed by atoms with Crippen LogP contribution in [-0.2, 0) is 0 Å². The maximum atomic E-state index is 12.5. The molecule has 1 saturated carbocycles. The van der Waals surface area contributed by atoms with E-state index in [0.717, 1.165) is 11.1 Å². The number of hydrogen-bond donors (Lipinski definition) is 1. The van der Waals surface area contributed by atoms with E-state index in [-0.39, 0.29) is 11.9 Å². The third kappa shape index (κ3) is 2.88. The molecule has 1 aliphatic carbocycles. The minimum absolute atomic E-state index is 0.218. The maximum absolute atomic E-state index is 12.5. The molecular weight excluding hydrogens is 251 g/mol. The normalized spacial score (nSPS) is 15.5. The number of halogens is 3. The number of aromatic nitrogens is 2. The quantitative estimate of drug-likeness (QED) is 0.893. The molecule has 5 nitrogen and oxygen atoms in total. The summed E-state index contributed by atoms with van der Waals surface area (Å²) in [6.07, 6.45) is -0.869. The molecule has 0 unspecified atom stereocenters. The minimum Gasteiger partial charge on any atom is -0.476 e. The van der Waals surface area contributed by atoms with Crippen LogP contribution in [0.3, 0.4) is 0 Å². The van der Waals surface area contributed by atoms with Gasteiger partial charge < -0.3 is 10.0 Å². The Balaban J connectivity index is 2.33. The van der Waals surface area contributed by atoms with Crippen LogP contribution >= 0.6 is 0 Å². The van der Waals surface area contributed by atoms with Gasteiger partial charge in [-0.1, -0.05) is 0 Å². The highest BCUT2D eigenvalue weighted by molar-refractivity contribution is 5.91. The van der Waals surface area contributed by atoms with Crippen molar-refractivity contribution in [3.05, 3.63) is 18.1 Å². The Hall–Kier alpha value is -1.86. The number of hydrogen-bond acceptors (Lipinski definition) is 4. The molecule has 1 fully saturated rings. The first-order chi connectivity index (χ1) is 8.38. The van der Waals surface area contributed by atoms with Crippen molar-refractivity contribution in [2.24, 2.45) is 0 Å². The van der Waals surface area contributed by atoms with Crippen LogP contribution in [0.1, 0.15) is 23.3 Å². The average Bonchev–Trinajstić information content (AvgIpc) is 3.08. The summed E-state index contributed by atoms with van der Waals surface area (Å²) >= 11 is 0. The fourth-order valence-electron chi connectivity index (χ4n) is 1.65. The van der Waals surface area contributed by atoms with Gasteiger partial charge in [0.2, 0.25) is 0 Å². The highest BCUT2D eigenvalue weighted by atomic mass is 19.4. The third-order valence-corrected chi connectivity index (χ3v) is 2.49. The zero-order valence-corrected chi connectivity index (χ0v) is 9.18. The molecule has 0 amide bonds. The lowest BCUT2D eigenvalue weighted by Crippen LogP contribution is -2.37. The van der Waals surface area contributed by atoms with Gasteiger partial charge in [0.1, 0.15) is 6.54 Å². The maximum Gasteiger partial charge on any atom is 0.405 e. The Morgan fingerprint density at radius 3 is 2.50 bits per heavy atom. The molecule has 0 bridgehead atoms. The van der Waals surface area contributed by atoms with Crippen LogP contribution in [0.4, 0.5) is 19.0 Å². The van der Waals surface area contributed by atoms with Gasteiger partial charge in [0, 0.05) is 18.4 Å². The van der Waals surface area contributed by atoms with Crippen molar-refractivity contribution in [3.8, 4) is 0 Å². The zero-order chi connectivity index (χ0) is 13.3. The van der Waals surface area contributed by atoms with Gasteiger partial charge in [-0.15, -0.1) is 0 Å². The van der Waals surface area contributed by atoms with Crippen molar-refractivity contribution in [2.45, 2.75) is 25.1 Å². The first kappa shape index (κ1) is 12.6. The summed E-state index contributed by atoms with van der Waals surface area (Å²) in [5.74, 6) is -1.60. The van der Waals surface area contributed by atoms with Gasteiger partial charge in [0.05, 0.1) is 0 Å². The summed E-state index contributed by atoms with van der Waals surface area (Å²) in [7, 11) is 0. The second-order valence-corrected chi connectivity index (χ2v) is 4.01. The van der Waals surface area contributed by atoms with Gasteiger partial charge in [-0.2, -0.15) is 13.2 Å². The third-order valence-electron chi connectivity index (χ3n) is 2.49. The van der Waals surface area contributed by atoms with Gasteiger partial charge >= 0.3 is 12.1 Å². The molecule has 1 aliphatic rings. The monoisotopic (exact) mass is 261 g/mol. The van der Waals surface area contributed by atoms with Crippen LogP contribution < -0.4 is 4.90 Å². The summed E-state index contributed by atoms with van der Waals surface area (Å²) in [6, 6.07) is -0.304. The van der Waals surface area contributed by atoms with E-state index in [4.69, 9.17) is 5.11 Å². The number of rotatable bonds is 4. The van der Waals surface area contributed by atoms with E-state index >= 15 is 0 Å². The van der Waals surface area contributed by atoms with Crippen molar-refractivity contribution in [1.29, 1.82) is 0 Å². The van der Waals surface area contributed by atoms with Gasteiger partial charge in [0.15, 0.2) is 11.5 Å². The Bertz CT molecular complexity index is 460. The van der Waals surface area contributed by atoms with Crippen molar-refractivity contribution >= 4 is 11.8 Å². The van der Waals surface area contributed by atoms with E-state index in [1.54, 1.807) is 0 Å². The molecule has 0 aromatic carbocycles. The molecule has 2 rings (SSSR count). The summed E-state index contributed by atoms with van der Waals surface area (Å²) in [4.78, 5) is 19.2. The highest BCUT2D eigenvalue weighted by Crippen LogP contribution is 2.34. The molecule has 0 aliphatic heterocycles. The number of anilines is 1. The second kappa shape index (κ2) is 4.43. The van der Waals surface area contributed by atoms with Crippen LogP contribution in [-0.4, -0.2) is 39.8 Å². The van der Waals surface area contributed by atoms with Crippen LogP contribution in [0.2, 0.25) is 0 Å². The number of alkyl halides is 3. The van der Waals surface area contributed by atoms with Crippen LogP contribution in [0.25, 0.3) is 0 Å². The van der Waals surface area contributed by atoms with E-state index in [0.29, 0.717) is 12.8 Å². The van der Waals surface area contributed by atoms with Crippen molar-refractivity contribution < 1.29 is 23.1 Å². The smallest absolute Gasteiger partial charge is 0.405 e. The molecular formula is C10H10F3N3O2. The molecule has 0 spiro atoms. The highest BCUT2D eigenvalue weighted by Gasteiger charge is 2.40. The fraction of sp³-hybridized carbons (Fsp3) is 0.500. The molecule has 1 heterocycles. The summed E-state index contributed by atoms with van der Waals surface area (Å²) in [5.41, 5.74) is -0.450. The Morgan fingerprint density at radius 1 is 1.39 bits per heavy atom. The fourth-order valence-corrected chi connectivity index (χ4v) is 1.65. The predicted molar refractivity (Wildman–Crippen MR) is 55.4 cm³/mol. The lowest BCUT2D eigenvalue weighted by molar-refractivity contribution is -0.120. The van der Waals surface area contributed by atoms with Crippen LogP contribution in [0, 0.1) is 0 Å². The molecule has 0 saturated heterocycles. The second-order valence-electron chi connectivity index (χ2n) is 4.01. The van der Waals surface area contributed by atoms with Crippen LogP contribution in [0.15, 0.2) is 12.4 Å². The van der Waals surface area contributed by atoms with E-state index in [1.165, 1.54) is 6.20 Å². The SMILES string of the molecule is O=C(O)c1nccnc1N(CC(F)(F)F)C1CC1. The molecule has 1 N–H and O–H groups in total. The Labute approximate surface area is 100 Å². The molecule has 98 valence electrons. The molecule has 1 aromatic rings. The molecule has 8 heteroatoms. The number of carboxylic acids is 1. The number of nitrogens with zero attached hydrogens (tertiary/aromatic N) is 3. The largest absolute Gasteiger partial charge is 0.476 e. The molecule has 1 aromatic heterocycles. The van der Waals surface area contributed by atoms with Crippen LogP contribution in [0.5, 0.6) is 0 Å². The molecule has 0 atom stereocenters. The number of aromatic carboxylic acids is 1. The Kier molecular flexibility index (Phi) is 3.10. The van der Waals surface area contributed by atoms with Crippen molar-refractivity contribution in [2.75, 3.05) is 11.4 Å².